The number of ether oxygens (including phenoxy) is 5. The summed E-state index contributed by atoms with van der Waals surface area (Å²) in [4.78, 5) is 30.0. The van der Waals surface area contributed by atoms with Crippen LogP contribution in [0.2, 0.25) is 0 Å². The highest BCUT2D eigenvalue weighted by Gasteiger charge is 2.45. The molecule has 0 N–H and O–H groups in total. The largest absolute Gasteiger partial charge is 0.493 e. The summed E-state index contributed by atoms with van der Waals surface area (Å²) in [5, 5.41) is 0. The summed E-state index contributed by atoms with van der Waals surface area (Å²) in [6, 6.07) is 28.1. The fourth-order valence-corrected chi connectivity index (χ4v) is 6.50. The van der Waals surface area contributed by atoms with Crippen molar-refractivity contribution < 1.29 is 33.3 Å². The number of amides is 1. The molecule has 0 saturated carbocycles. The van der Waals surface area contributed by atoms with Crippen LogP contribution in [0, 0.1) is 0 Å². The molecule has 1 amide bonds. The second-order valence-electron chi connectivity index (χ2n) is 11.3. The quantitative estimate of drug-likeness (QED) is 0.159. The third kappa shape index (κ3) is 6.70. The molecule has 2 aliphatic heterocycles. The van der Waals surface area contributed by atoms with Gasteiger partial charge >= 0.3 is 5.97 Å². The minimum absolute atomic E-state index is 0.219. The van der Waals surface area contributed by atoms with E-state index >= 15 is 0 Å². The lowest BCUT2D eigenvalue weighted by atomic mass is 9.90. The number of hydrogen-bond acceptors (Lipinski definition) is 7. The van der Waals surface area contributed by atoms with Crippen molar-refractivity contribution >= 4 is 27.8 Å². The van der Waals surface area contributed by atoms with E-state index in [1.807, 2.05) is 84.9 Å². The second-order valence-corrected chi connectivity index (χ2v) is 12.3. The Bertz CT molecular complexity index is 1670. The average Bonchev–Trinajstić information content (AvgIpc) is 3.49. The van der Waals surface area contributed by atoms with Crippen molar-refractivity contribution in [2.75, 3.05) is 27.3 Å². The number of esters is 1. The SMILES string of the molecule is COc1cc([C@@H]2Oc3c(OC)cc(Br)cc3[C@H]2C(=O)O[C@@H](C(=O)N2CCCCC2)c2ccccc2)ccc1OCc1ccccc1. The van der Waals surface area contributed by atoms with E-state index in [0.717, 1.165) is 29.3 Å². The lowest BCUT2D eigenvalue weighted by Gasteiger charge is -2.31. The lowest BCUT2D eigenvalue weighted by molar-refractivity contribution is -0.163. The van der Waals surface area contributed by atoms with Crippen LogP contribution in [0.15, 0.2) is 95.5 Å². The fraction of sp³-hybridized carbons (Fsp3) is 0.297. The third-order valence-electron chi connectivity index (χ3n) is 8.39. The Labute approximate surface area is 277 Å². The van der Waals surface area contributed by atoms with Gasteiger partial charge in [0.05, 0.1) is 14.2 Å². The van der Waals surface area contributed by atoms with E-state index in [1.54, 1.807) is 25.2 Å². The molecule has 1 saturated heterocycles. The molecule has 2 aliphatic rings. The monoisotopic (exact) mass is 685 g/mol. The van der Waals surface area contributed by atoms with E-state index in [0.29, 0.717) is 59.4 Å². The van der Waals surface area contributed by atoms with Crippen molar-refractivity contribution in [3.05, 3.63) is 118 Å². The van der Waals surface area contributed by atoms with Gasteiger partial charge in [-0.15, -0.1) is 0 Å². The van der Waals surface area contributed by atoms with Crippen molar-refractivity contribution in [1.29, 1.82) is 0 Å². The number of fused-ring (bicyclic) bond motifs is 1. The summed E-state index contributed by atoms with van der Waals surface area (Å²) in [6.45, 7) is 1.65. The number of likely N-dealkylation sites (tertiary alicyclic amines) is 1. The Hall–Kier alpha value is -4.50. The van der Waals surface area contributed by atoms with Crippen molar-refractivity contribution in [2.24, 2.45) is 0 Å². The molecule has 6 rings (SSSR count). The van der Waals surface area contributed by atoms with Crippen LogP contribution in [0.5, 0.6) is 23.0 Å². The highest BCUT2D eigenvalue weighted by molar-refractivity contribution is 9.10. The summed E-state index contributed by atoms with van der Waals surface area (Å²) in [6.07, 6.45) is 1.05. The summed E-state index contributed by atoms with van der Waals surface area (Å²) in [5.41, 5.74) is 2.92. The summed E-state index contributed by atoms with van der Waals surface area (Å²) in [7, 11) is 3.12. The zero-order valence-electron chi connectivity index (χ0n) is 25.8. The van der Waals surface area contributed by atoms with Crippen LogP contribution < -0.4 is 18.9 Å². The number of piperidine rings is 1. The highest BCUT2D eigenvalue weighted by Crippen LogP contribution is 2.53. The maximum atomic E-state index is 14.4. The number of carbonyl (C=O) groups is 2. The summed E-state index contributed by atoms with van der Waals surface area (Å²) < 4.78 is 30.9. The third-order valence-corrected chi connectivity index (χ3v) is 8.84. The first-order chi connectivity index (χ1) is 22.5. The van der Waals surface area contributed by atoms with Crippen molar-refractivity contribution in [2.45, 2.75) is 44.0 Å². The van der Waals surface area contributed by atoms with Gasteiger partial charge in [0, 0.05) is 28.7 Å². The maximum Gasteiger partial charge on any atom is 0.318 e. The molecule has 238 valence electrons. The molecule has 4 aromatic rings. The molecule has 0 aromatic heterocycles. The van der Waals surface area contributed by atoms with Crippen molar-refractivity contribution in [1.82, 2.24) is 4.90 Å². The number of carbonyl (C=O) groups excluding carboxylic acids is 2. The number of benzene rings is 4. The summed E-state index contributed by atoms with van der Waals surface area (Å²) in [5.74, 6) is 0.275. The normalized spacial score (nSPS) is 17.8. The molecular weight excluding hydrogens is 650 g/mol. The number of rotatable bonds is 10. The van der Waals surface area contributed by atoms with Crippen LogP contribution in [-0.2, 0) is 20.9 Å². The van der Waals surface area contributed by atoms with E-state index < -0.39 is 24.1 Å². The molecule has 2 heterocycles. The Balaban J connectivity index is 1.34. The molecule has 0 bridgehead atoms. The van der Waals surface area contributed by atoms with E-state index in [9.17, 15) is 9.59 Å². The smallest absolute Gasteiger partial charge is 0.318 e. The zero-order chi connectivity index (χ0) is 32.0. The van der Waals surface area contributed by atoms with Crippen molar-refractivity contribution in [3.63, 3.8) is 0 Å². The predicted octanol–water partition coefficient (Wildman–Crippen LogP) is 7.56. The van der Waals surface area contributed by atoms with Crippen LogP contribution in [0.3, 0.4) is 0 Å². The topological polar surface area (TPSA) is 83.5 Å². The van der Waals surface area contributed by atoms with Crippen LogP contribution >= 0.6 is 15.9 Å². The number of hydrogen-bond donors (Lipinski definition) is 0. The van der Waals surface area contributed by atoms with Gasteiger partial charge in [-0.05, 0) is 54.7 Å². The van der Waals surface area contributed by atoms with E-state index in [2.05, 4.69) is 15.9 Å². The molecule has 9 heteroatoms. The molecule has 1 fully saturated rings. The van der Waals surface area contributed by atoms with Gasteiger partial charge in [-0.25, -0.2) is 0 Å². The Morgan fingerprint density at radius 3 is 2.24 bits per heavy atom. The number of nitrogens with zero attached hydrogens (tertiary/aromatic N) is 1. The molecule has 0 unspecified atom stereocenters. The molecule has 46 heavy (non-hydrogen) atoms. The van der Waals surface area contributed by atoms with E-state index in [1.165, 1.54) is 0 Å². The number of methoxy groups -OCH3 is 2. The van der Waals surface area contributed by atoms with Crippen LogP contribution in [-0.4, -0.2) is 44.1 Å². The number of halogens is 1. The van der Waals surface area contributed by atoms with Gasteiger partial charge in [0.25, 0.3) is 5.91 Å². The van der Waals surface area contributed by atoms with Gasteiger partial charge < -0.3 is 28.6 Å². The van der Waals surface area contributed by atoms with Gasteiger partial charge in [0.15, 0.2) is 23.0 Å². The summed E-state index contributed by atoms with van der Waals surface area (Å²) >= 11 is 3.56. The first-order valence-corrected chi connectivity index (χ1v) is 16.2. The molecule has 3 atom stereocenters. The molecule has 0 radical (unpaired) electrons. The molecule has 0 aliphatic carbocycles. The van der Waals surface area contributed by atoms with Crippen LogP contribution in [0.1, 0.15) is 59.6 Å². The van der Waals surface area contributed by atoms with Crippen LogP contribution in [0.25, 0.3) is 0 Å². The predicted molar refractivity (Wildman–Crippen MR) is 176 cm³/mol. The average molecular weight is 687 g/mol. The van der Waals surface area contributed by atoms with E-state index in [-0.39, 0.29) is 5.91 Å². The molecule has 4 aromatic carbocycles. The molecule has 0 spiro atoms. The lowest BCUT2D eigenvalue weighted by Crippen LogP contribution is -2.40. The first-order valence-electron chi connectivity index (χ1n) is 15.4. The Morgan fingerprint density at radius 1 is 0.848 bits per heavy atom. The van der Waals surface area contributed by atoms with E-state index in [4.69, 9.17) is 23.7 Å². The van der Waals surface area contributed by atoms with Crippen LogP contribution in [0.4, 0.5) is 0 Å². The minimum Gasteiger partial charge on any atom is -0.493 e. The standard InChI is InChI=1S/C37H36BrNO7/c1-42-30-20-26(16-17-29(30)44-23-24-12-6-3-7-13-24)33-32(28-21-27(38)22-31(43-2)35(28)45-33)37(41)46-34(25-14-8-4-9-15-25)36(40)39-18-10-5-11-19-39/h3-4,6-9,12-17,20-22,32-34H,5,10-11,18-19,23H2,1-2H3/t32-,33+,34-/m1/s1. The van der Waals surface area contributed by atoms with Gasteiger partial charge in [-0.3, -0.25) is 9.59 Å². The van der Waals surface area contributed by atoms with Crippen molar-refractivity contribution in [3.8, 4) is 23.0 Å². The first kappa shape index (κ1) is 31.5. The van der Waals surface area contributed by atoms with Gasteiger partial charge in [-0.1, -0.05) is 82.7 Å². The highest BCUT2D eigenvalue weighted by atomic mass is 79.9. The Morgan fingerprint density at radius 2 is 1.54 bits per heavy atom. The second kappa shape index (κ2) is 14.3. The molecular formula is C37H36BrNO7. The van der Waals surface area contributed by atoms with Gasteiger partial charge in [0.2, 0.25) is 6.10 Å². The minimum atomic E-state index is -1.09. The maximum absolute atomic E-state index is 14.4. The fourth-order valence-electron chi connectivity index (χ4n) is 6.04. The Kier molecular flexibility index (Phi) is 9.78. The van der Waals surface area contributed by atoms with Gasteiger partial charge in [0.1, 0.15) is 18.6 Å². The van der Waals surface area contributed by atoms with Gasteiger partial charge in [-0.2, -0.15) is 0 Å². The molecule has 8 nitrogen and oxygen atoms in total. The zero-order valence-corrected chi connectivity index (χ0v) is 27.4.